The van der Waals surface area contributed by atoms with Gasteiger partial charge in [0.15, 0.2) is 0 Å². The van der Waals surface area contributed by atoms with Gasteiger partial charge in [-0.2, -0.15) is 0 Å². The molecule has 1 unspecified atom stereocenters. The molecule has 0 bridgehead atoms. The van der Waals surface area contributed by atoms with Crippen molar-refractivity contribution in [3.8, 4) is 0 Å². The Hall–Kier alpha value is -1.95. The van der Waals surface area contributed by atoms with Gasteiger partial charge < -0.3 is 10.2 Å². The van der Waals surface area contributed by atoms with Gasteiger partial charge in [-0.1, -0.05) is 19.1 Å². The molecule has 2 amide bonds. The van der Waals surface area contributed by atoms with Crippen molar-refractivity contribution in [3.05, 3.63) is 35.6 Å². The molecule has 0 aromatic heterocycles. The number of halogens is 1. The molecule has 0 aliphatic carbocycles. The van der Waals surface area contributed by atoms with E-state index < -0.39 is 0 Å². The van der Waals surface area contributed by atoms with E-state index >= 15 is 0 Å². The van der Waals surface area contributed by atoms with Crippen LogP contribution in [0.2, 0.25) is 0 Å². The number of carbonyl (C=O) groups excluding carboxylic acids is 2. The van der Waals surface area contributed by atoms with Crippen molar-refractivity contribution in [2.75, 3.05) is 32.7 Å². The Bertz CT molecular complexity index is 569. The SMILES string of the molecule is CCC(C)NC(=O)CN1CCN(C(=O)CCc2ccc(F)cc2)CC1. The molecule has 0 saturated carbocycles. The highest BCUT2D eigenvalue weighted by Crippen LogP contribution is 2.09. The number of hydrogen-bond donors (Lipinski definition) is 1. The number of carbonyl (C=O) groups is 2. The first-order valence-electron chi connectivity index (χ1n) is 9.02. The standard InChI is InChI=1S/C19H28FN3O2/c1-3-15(2)21-18(24)14-22-10-12-23(13-11-22)19(25)9-6-16-4-7-17(20)8-5-16/h4-5,7-8,15H,3,6,9-14H2,1-2H3,(H,21,24). The van der Waals surface area contributed by atoms with E-state index in [1.165, 1.54) is 12.1 Å². The minimum atomic E-state index is -0.261. The quantitative estimate of drug-likeness (QED) is 0.817. The third-order valence-corrected chi connectivity index (χ3v) is 4.65. The van der Waals surface area contributed by atoms with Gasteiger partial charge in [0.05, 0.1) is 6.54 Å². The Morgan fingerprint density at radius 1 is 1.16 bits per heavy atom. The first-order chi connectivity index (χ1) is 12.0. The minimum Gasteiger partial charge on any atom is -0.353 e. The molecule has 1 aliphatic heterocycles. The third kappa shape index (κ3) is 6.46. The summed E-state index contributed by atoms with van der Waals surface area (Å²) in [4.78, 5) is 28.2. The molecule has 1 heterocycles. The highest BCUT2D eigenvalue weighted by molar-refractivity contribution is 5.78. The van der Waals surface area contributed by atoms with E-state index in [0.717, 1.165) is 25.1 Å². The predicted octanol–water partition coefficient (Wildman–Crippen LogP) is 1.82. The molecule has 6 heteroatoms. The highest BCUT2D eigenvalue weighted by Gasteiger charge is 2.22. The maximum absolute atomic E-state index is 12.9. The van der Waals surface area contributed by atoms with Crippen molar-refractivity contribution in [1.29, 1.82) is 0 Å². The largest absolute Gasteiger partial charge is 0.353 e. The van der Waals surface area contributed by atoms with E-state index in [2.05, 4.69) is 10.2 Å². The number of benzene rings is 1. The Balaban J connectivity index is 1.69. The zero-order valence-electron chi connectivity index (χ0n) is 15.1. The second-order valence-electron chi connectivity index (χ2n) is 6.66. The summed E-state index contributed by atoms with van der Waals surface area (Å²) in [5.74, 6) is -0.0953. The van der Waals surface area contributed by atoms with Crippen LogP contribution < -0.4 is 5.32 Å². The normalized spacial score (nSPS) is 16.5. The lowest BCUT2D eigenvalue weighted by atomic mass is 10.1. The zero-order chi connectivity index (χ0) is 18.2. The molecule has 1 saturated heterocycles. The van der Waals surface area contributed by atoms with Crippen LogP contribution >= 0.6 is 0 Å². The van der Waals surface area contributed by atoms with E-state index in [4.69, 9.17) is 0 Å². The molecule has 5 nitrogen and oxygen atoms in total. The van der Waals surface area contributed by atoms with E-state index in [9.17, 15) is 14.0 Å². The van der Waals surface area contributed by atoms with Gasteiger partial charge in [-0.15, -0.1) is 0 Å². The number of nitrogens with one attached hydrogen (secondary N) is 1. The lowest BCUT2D eigenvalue weighted by Gasteiger charge is -2.34. The monoisotopic (exact) mass is 349 g/mol. The van der Waals surface area contributed by atoms with Crippen LogP contribution in [0.15, 0.2) is 24.3 Å². The van der Waals surface area contributed by atoms with Crippen molar-refractivity contribution in [3.63, 3.8) is 0 Å². The van der Waals surface area contributed by atoms with Crippen LogP contribution in [0.25, 0.3) is 0 Å². The fourth-order valence-corrected chi connectivity index (χ4v) is 2.84. The van der Waals surface area contributed by atoms with E-state index in [1.54, 1.807) is 12.1 Å². The van der Waals surface area contributed by atoms with Gasteiger partial charge >= 0.3 is 0 Å². The summed E-state index contributed by atoms with van der Waals surface area (Å²) in [5, 5.41) is 2.97. The molecule has 1 fully saturated rings. The molecule has 0 spiro atoms. The van der Waals surface area contributed by atoms with Crippen molar-refractivity contribution in [1.82, 2.24) is 15.1 Å². The van der Waals surface area contributed by atoms with Crippen LogP contribution in [0, 0.1) is 5.82 Å². The summed E-state index contributed by atoms with van der Waals surface area (Å²) in [6.07, 6.45) is 1.97. The lowest BCUT2D eigenvalue weighted by molar-refractivity contribution is -0.133. The van der Waals surface area contributed by atoms with Crippen LogP contribution in [0.5, 0.6) is 0 Å². The van der Waals surface area contributed by atoms with Gasteiger partial charge in [-0.05, 0) is 37.5 Å². The number of rotatable bonds is 7. The number of nitrogens with zero attached hydrogens (tertiary/aromatic N) is 2. The maximum Gasteiger partial charge on any atom is 0.234 e. The Morgan fingerprint density at radius 2 is 1.80 bits per heavy atom. The first kappa shape index (κ1) is 19.4. The van der Waals surface area contributed by atoms with Crippen molar-refractivity contribution in [2.45, 2.75) is 39.2 Å². The fraction of sp³-hybridized carbons (Fsp3) is 0.579. The minimum absolute atomic E-state index is 0.0467. The molecule has 1 aliphatic rings. The Morgan fingerprint density at radius 3 is 2.40 bits per heavy atom. The van der Waals surface area contributed by atoms with Gasteiger partial charge in [0.25, 0.3) is 0 Å². The van der Waals surface area contributed by atoms with Crippen LogP contribution in [0.3, 0.4) is 0 Å². The molecular formula is C19H28FN3O2. The smallest absolute Gasteiger partial charge is 0.234 e. The second kappa shape index (κ2) is 9.51. The summed E-state index contributed by atoms with van der Waals surface area (Å²) in [6.45, 7) is 7.17. The summed E-state index contributed by atoms with van der Waals surface area (Å²) in [6, 6.07) is 6.47. The molecule has 1 atom stereocenters. The maximum atomic E-state index is 12.9. The number of amides is 2. The third-order valence-electron chi connectivity index (χ3n) is 4.65. The number of piperazine rings is 1. The molecule has 2 rings (SSSR count). The Kier molecular flexibility index (Phi) is 7.37. The summed E-state index contributed by atoms with van der Waals surface area (Å²) in [5.41, 5.74) is 0.968. The van der Waals surface area contributed by atoms with Crippen molar-refractivity contribution >= 4 is 11.8 Å². The first-order valence-corrected chi connectivity index (χ1v) is 9.02. The number of hydrogen-bond acceptors (Lipinski definition) is 3. The molecule has 138 valence electrons. The van der Waals surface area contributed by atoms with Crippen LogP contribution in [-0.2, 0) is 16.0 Å². The molecular weight excluding hydrogens is 321 g/mol. The molecule has 1 N–H and O–H groups in total. The highest BCUT2D eigenvalue weighted by atomic mass is 19.1. The fourth-order valence-electron chi connectivity index (χ4n) is 2.84. The van der Waals surface area contributed by atoms with Crippen LogP contribution in [-0.4, -0.2) is 60.4 Å². The van der Waals surface area contributed by atoms with Crippen molar-refractivity contribution < 1.29 is 14.0 Å². The van der Waals surface area contributed by atoms with E-state index in [1.807, 2.05) is 18.7 Å². The van der Waals surface area contributed by atoms with Gasteiger partial charge in [-0.3, -0.25) is 14.5 Å². The van der Waals surface area contributed by atoms with Gasteiger partial charge in [0.2, 0.25) is 11.8 Å². The van der Waals surface area contributed by atoms with Gasteiger partial charge in [-0.25, -0.2) is 4.39 Å². The van der Waals surface area contributed by atoms with E-state index in [0.29, 0.717) is 32.5 Å². The van der Waals surface area contributed by atoms with Crippen LogP contribution in [0.4, 0.5) is 4.39 Å². The molecule has 1 aromatic carbocycles. The summed E-state index contributed by atoms with van der Waals surface area (Å²) in [7, 11) is 0. The average Bonchev–Trinajstić information content (AvgIpc) is 2.61. The molecule has 0 radical (unpaired) electrons. The van der Waals surface area contributed by atoms with Gasteiger partial charge in [0, 0.05) is 38.6 Å². The summed E-state index contributed by atoms with van der Waals surface area (Å²) >= 11 is 0. The Labute approximate surface area is 149 Å². The molecule has 25 heavy (non-hydrogen) atoms. The van der Waals surface area contributed by atoms with Gasteiger partial charge in [0.1, 0.15) is 5.82 Å². The number of aryl methyl sites for hydroxylation is 1. The summed E-state index contributed by atoms with van der Waals surface area (Å²) < 4.78 is 12.9. The topological polar surface area (TPSA) is 52.7 Å². The van der Waals surface area contributed by atoms with E-state index in [-0.39, 0.29) is 23.7 Å². The average molecular weight is 349 g/mol. The van der Waals surface area contributed by atoms with Crippen LogP contribution in [0.1, 0.15) is 32.3 Å². The second-order valence-corrected chi connectivity index (χ2v) is 6.66. The predicted molar refractivity (Wildman–Crippen MR) is 95.6 cm³/mol. The van der Waals surface area contributed by atoms with Crippen molar-refractivity contribution in [2.24, 2.45) is 0 Å². The molecule has 1 aromatic rings. The lowest BCUT2D eigenvalue weighted by Crippen LogP contribution is -2.51. The zero-order valence-corrected chi connectivity index (χ0v) is 15.1.